The van der Waals surface area contributed by atoms with Crippen molar-refractivity contribution in [3.8, 4) is 0 Å². The predicted octanol–water partition coefficient (Wildman–Crippen LogP) is 6.38. The van der Waals surface area contributed by atoms with E-state index >= 15 is 0 Å². The van der Waals surface area contributed by atoms with Crippen molar-refractivity contribution in [1.82, 2.24) is 0 Å². The van der Waals surface area contributed by atoms with E-state index in [0.29, 0.717) is 5.92 Å². The molecule has 1 atom stereocenters. The predicted molar refractivity (Wildman–Crippen MR) is 126 cm³/mol. The van der Waals surface area contributed by atoms with Crippen molar-refractivity contribution in [3.63, 3.8) is 0 Å². The van der Waals surface area contributed by atoms with Crippen LogP contribution in [-0.4, -0.2) is 15.6 Å². The Hall–Kier alpha value is -3.81. The number of non-ortho nitro benzene ring substituents is 1. The summed E-state index contributed by atoms with van der Waals surface area (Å²) in [6, 6.07) is 12.0. The number of anilines is 1. The summed E-state index contributed by atoms with van der Waals surface area (Å²) in [4.78, 5) is 21.1. The van der Waals surface area contributed by atoms with Gasteiger partial charge >= 0.3 is 5.69 Å². The zero-order valence-electron chi connectivity index (χ0n) is 18.2. The summed E-state index contributed by atoms with van der Waals surface area (Å²) in [5, 5.41) is 29.5. The van der Waals surface area contributed by atoms with Gasteiger partial charge in [-0.15, -0.1) is 0 Å². The molecule has 1 aliphatic rings. The molecule has 1 unspecified atom stereocenters. The van der Waals surface area contributed by atoms with Crippen LogP contribution in [0.15, 0.2) is 47.6 Å². The molecule has 0 aromatic heterocycles. The van der Waals surface area contributed by atoms with Crippen molar-refractivity contribution in [2.24, 2.45) is 5.10 Å². The summed E-state index contributed by atoms with van der Waals surface area (Å²) in [6.45, 7) is 6.43. The maximum absolute atomic E-state index is 11.4. The van der Waals surface area contributed by atoms with Crippen molar-refractivity contribution >= 4 is 33.5 Å². The van der Waals surface area contributed by atoms with Gasteiger partial charge in [0.05, 0.1) is 21.6 Å². The number of nitrogens with one attached hydrogen (secondary N) is 1. The fourth-order valence-corrected chi connectivity index (χ4v) is 4.59. The van der Waals surface area contributed by atoms with Gasteiger partial charge in [0.1, 0.15) is 5.69 Å². The quantitative estimate of drug-likeness (QED) is 0.372. The lowest BCUT2D eigenvalue weighted by Crippen LogP contribution is -2.18. The van der Waals surface area contributed by atoms with Crippen LogP contribution >= 0.6 is 0 Å². The summed E-state index contributed by atoms with van der Waals surface area (Å²) in [5.74, 6) is 0.418. The van der Waals surface area contributed by atoms with Crippen molar-refractivity contribution in [2.75, 3.05) is 5.43 Å². The number of hydrazone groups is 1. The topological polar surface area (TPSA) is 111 Å². The molecule has 0 bridgehead atoms. The Kier molecular flexibility index (Phi) is 5.61. The van der Waals surface area contributed by atoms with E-state index in [2.05, 4.69) is 55.6 Å². The van der Waals surface area contributed by atoms with Gasteiger partial charge in [0.25, 0.3) is 5.69 Å². The first-order valence-electron chi connectivity index (χ1n) is 10.6. The van der Waals surface area contributed by atoms with Crippen LogP contribution in [0.2, 0.25) is 0 Å². The van der Waals surface area contributed by atoms with Crippen LogP contribution in [0.25, 0.3) is 10.8 Å². The van der Waals surface area contributed by atoms with Gasteiger partial charge < -0.3 is 0 Å². The molecule has 1 aliphatic carbocycles. The first-order valence-corrected chi connectivity index (χ1v) is 10.6. The number of hydrogen-bond acceptors (Lipinski definition) is 6. The maximum Gasteiger partial charge on any atom is 0.301 e. The van der Waals surface area contributed by atoms with E-state index in [1.54, 1.807) is 0 Å². The van der Waals surface area contributed by atoms with Crippen molar-refractivity contribution < 1.29 is 9.85 Å². The lowest BCUT2D eigenvalue weighted by Gasteiger charge is -2.28. The molecule has 3 aromatic rings. The second-order valence-electron chi connectivity index (χ2n) is 8.18. The van der Waals surface area contributed by atoms with Crippen LogP contribution in [0, 0.1) is 34.1 Å². The molecule has 0 spiro atoms. The van der Waals surface area contributed by atoms with Crippen molar-refractivity contribution in [3.05, 3.63) is 84.9 Å². The third kappa shape index (κ3) is 3.68. The van der Waals surface area contributed by atoms with E-state index < -0.39 is 9.85 Å². The zero-order chi connectivity index (χ0) is 23.0. The van der Waals surface area contributed by atoms with Gasteiger partial charge in [-0.25, -0.2) is 0 Å². The molecule has 0 saturated carbocycles. The van der Waals surface area contributed by atoms with Crippen LogP contribution in [0.5, 0.6) is 0 Å². The Balaban J connectivity index is 1.81. The summed E-state index contributed by atoms with van der Waals surface area (Å²) in [5.41, 5.74) is 7.85. The molecular weight excluding hydrogens is 408 g/mol. The number of nitrogens with zero attached hydrogens (tertiary/aromatic N) is 3. The Morgan fingerprint density at radius 1 is 1.03 bits per heavy atom. The number of hydrogen-bond donors (Lipinski definition) is 1. The van der Waals surface area contributed by atoms with E-state index in [9.17, 15) is 20.2 Å². The van der Waals surface area contributed by atoms with Gasteiger partial charge in [0.2, 0.25) is 0 Å². The van der Waals surface area contributed by atoms with Gasteiger partial charge in [0.15, 0.2) is 0 Å². The van der Waals surface area contributed by atoms with E-state index in [-0.39, 0.29) is 17.1 Å². The molecule has 0 heterocycles. The normalized spacial score (nSPS) is 16.7. The second kappa shape index (κ2) is 8.37. The average molecular weight is 432 g/mol. The van der Waals surface area contributed by atoms with Crippen molar-refractivity contribution in [1.29, 1.82) is 0 Å². The highest BCUT2D eigenvalue weighted by Crippen LogP contribution is 2.41. The summed E-state index contributed by atoms with van der Waals surface area (Å²) >= 11 is 0. The molecule has 4 rings (SSSR count). The summed E-state index contributed by atoms with van der Waals surface area (Å²) < 4.78 is 0. The van der Waals surface area contributed by atoms with E-state index in [0.717, 1.165) is 36.6 Å². The third-order valence-corrected chi connectivity index (χ3v) is 6.29. The number of nitro benzene ring substituents is 2. The molecule has 0 aliphatic heterocycles. The Morgan fingerprint density at radius 3 is 2.47 bits per heavy atom. The van der Waals surface area contributed by atoms with Gasteiger partial charge in [-0.2, -0.15) is 5.10 Å². The Labute approximate surface area is 185 Å². The highest BCUT2D eigenvalue weighted by Gasteiger charge is 2.27. The van der Waals surface area contributed by atoms with Crippen LogP contribution in [0.4, 0.5) is 17.1 Å². The number of fused-ring (bicyclic) bond motifs is 3. The number of aryl methyl sites for hydroxylation is 2. The molecule has 8 heteroatoms. The smallest absolute Gasteiger partial charge is 0.271 e. The SMILES string of the molecule is CCC1CCC(=NNc2ccc([N+](=O)[O-])cc2[N+](=O)[O-])c2ccc3c(C)ccc(C)c3c21. The van der Waals surface area contributed by atoms with Crippen LogP contribution in [-0.2, 0) is 0 Å². The highest BCUT2D eigenvalue weighted by molar-refractivity contribution is 6.08. The second-order valence-corrected chi connectivity index (χ2v) is 8.18. The molecule has 0 fully saturated rings. The minimum Gasteiger partial charge on any atom is -0.271 e. The number of nitro groups is 2. The fourth-order valence-electron chi connectivity index (χ4n) is 4.59. The zero-order valence-corrected chi connectivity index (χ0v) is 18.2. The molecule has 8 nitrogen and oxygen atoms in total. The van der Waals surface area contributed by atoms with Gasteiger partial charge in [-0.05, 0) is 72.6 Å². The Bertz CT molecular complexity index is 1280. The number of benzene rings is 3. The molecule has 0 amide bonds. The molecule has 1 N–H and O–H groups in total. The fraction of sp³-hybridized carbons (Fsp3) is 0.292. The molecule has 32 heavy (non-hydrogen) atoms. The van der Waals surface area contributed by atoms with Crippen LogP contribution in [0.3, 0.4) is 0 Å². The molecule has 3 aromatic carbocycles. The first-order chi connectivity index (χ1) is 15.3. The monoisotopic (exact) mass is 432 g/mol. The van der Waals surface area contributed by atoms with Gasteiger partial charge in [0, 0.05) is 11.6 Å². The lowest BCUT2D eigenvalue weighted by atomic mass is 9.76. The van der Waals surface area contributed by atoms with E-state index in [1.165, 1.54) is 39.6 Å². The van der Waals surface area contributed by atoms with Gasteiger partial charge in [-0.1, -0.05) is 31.2 Å². The minimum atomic E-state index is -0.652. The molecular formula is C24H24N4O4. The van der Waals surface area contributed by atoms with Crippen LogP contribution in [0.1, 0.15) is 54.4 Å². The van der Waals surface area contributed by atoms with Gasteiger partial charge in [-0.3, -0.25) is 25.7 Å². The minimum absolute atomic E-state index is 0.125. The molecule has 164 valence electrons. The highest BCUT2D eigenvalue weighted by atomic mass is 16.6. The lowest BCUT2D eigenvalue weighted by molar-refractivity contribution is -0.393. The maximum atomic E-state index is 11.4. The van der Waals surface area contributed by atoms with Crippen LogP contribution < -0.4 is 5.43 Å². The number of rotatable bonds is 5. The van der Waals surface area contributed by atoms with E-state index in [1.807, 2.05) is 0 Å². The largest absolute Gasteiger partial charge is 0.301 e. The molecule has 0 saturated heterocycles. The standard InChI is InChI=1S/C24H24N4O4/c1-4-16-7-11-20(19-10-9-18-14(2)5-6-15(3)23(18)24(16)19)25-26-21-12-8-17(27(29)30)13-22(21)28(31)32/h5-6,8-10,12-13,16,26H,4,7,11H2,1-3H3. The van der Waals surface area contributed by atoms with Crippen molar-refractivity contribution in [2.45, 2.75) is 46.0 Å². The molecule has 0 radical (unpaired) electrons. The van der Waals surface area contributed by atoms with E-state index in [4.69, 9.17) is 0 Å². The first kappa shape index (κ1) is 21.4. The Morgan fingerprint density at radius 2 is 1.78 bits per heavy atom. The average Bonchev–Trinajstić information content (AvgIpc) is 2.79. The summed E-state index contributed by atoms with van der Waals surface area (Å²) in [6.07, 6.45) is 2.71. The third-order valence-electron chi connectivity index (χ3n) is 6.29. The summed E-state index contributed by atoms with van der Waals surface area (Å²) in [7, 11) is 0.